The molecule has 2 aromatic carbocycles. The number of fused-ring (bicyclic) bond motifs is 1. The van der Waals surface area contributed by atoms with Crippen LogP contribution < -0.4 is 0 Å². The minimum atomic E-state index is 0.356. The van der Waals surface area contributed by atoms with E-state index in [0.717, 1.165) is 11.1 Å². The van der Waals surface area contributed by atoms with Crippen molar-refractivity contribution in [3.63, 3.8) is 0 Å². The van der Waals surface area contributed by atoms with Crippen LogP contribution in [0.3, 0.4) is 0 Å². The van der Waals surface area contributed by atoms with E-state index in [1.165, 1.54) is 5.56 Å². The second-order valence-corrected chi connectivity index (χ2v) is 4.57. The first-order chi connectivity index (χ1) is 9.76. The smallest absolute Gasteiger partial charge is 0.238 e. The maximum Gasteiger partial charge on any atom is 0.238 e. The van der Waals surface area contributed by atoms with Crippen molar-refractivity contribution in [2.75, 3.05) is 0 Å². The van der Waals surface area contributed by atoms with E-state index in [9.17, 15) is 5.26 Å². The molecule has 0 aliphatic carbocycles. The molecule has 0 saturated carbocycles. The number of nitriles is 1. The topological polar surface area (TPSA) is 49.8 Å². The molecule has 20 heavy (non-hydrogen) atoms. The normalized spacial score (nSPS) is 11.5. The first-order valence-electron chi connectivity index (χ1n) is 6.31. The third-order valence-corrected chi connectivity index (χ3v) is 3.03. The molecule has 3 nitrogen and oxygen atoms in total. The van der Waals surface area contributed by atoms with Crippen molar-refractivity contribution in [2.45, 2.75) is 6.92 Å². The Balaban J connectivity index is 2.05. The third kappa shape index (κ3) is 2.32. The van der Waals surface area contributed by atoms with E-state index in [1.54, 1.807) is 6.08 Å². The van der Waals surface area contributed by atoms with Crippen LogP contribution in [0.1, 0.15) is 17.0 Å². The lowest BCUT2D eigenvalue weighted by Gasteiger charge is -1.96. The highest BCUT2D eigenvalue weighted by Crippen LogP contribution is 2.22. The Morgan fingerprint density at radius 2 is 1.90 bits per heavy atom. The number of aromatic nitrogens is 1. The summed E-state index contributed by atoms with van der Waals surface area (Å²) in [6, 6.07) is 17.6. The van der Waals surface area contributed by atoms with Crippen LogP contribution >= 0.6 is 0 Å². The summed E-state index contributed by atoms with van der Waals surface area (Å²) < 4.78 is 5.62. The van der Waals surface area contributed by atoms with Crippen LogP contribution in [0.4, 0.5) is 0 Å². The third-order valence-electron chi connectivity index (χ3n) is 3.03. The highest BCUT2D eigenvalue weighted by Gasteiger charge is 2.10. The van der Waals surface area contributed by atoms with E-state index in [-0.39, 0.29) is 0 Å². The van der Waals surface area contributed by atoms with Gasteiger partial charge in [-0.25, -0.2) is 4.98 Å². The highest BCUT2D eigenvalue weighted by molar-refractivity contribution is 5.88. The van der Waals surface area contributed by atoms with Gasteiger partial charge >= 0.3 is 0 Å². The molecule has 0 saturated heterocycles. The van der Waals surface area contributed by atoms with Gasteiger partial charge in [-0.3, -0.25) is 0 Å². The molecule has 0 aliphatic rings. The van der Waals surface area contributed by atoms with E-state index in [2.05, 4.69) is 11.1 Å². The van der Waals surface area contributed by atoms with Gasteiger partial charge < -0.3 is 4.42 Å². The Kier molecular flexibility index (Phi) is 3.06. The Morgan fingerprint density at radius 3 is 2.60 bits per heavy atom. The van der Waals surface area contributed by atoms with Crippen molar-refractivity contribution in [3.05, 3.63) is 65.5 Å². The van der Waals surface area contributed by atoms with Gasteiger partial charge in [-0.2, -0.15) is 5.26 Å². The number of oxazole rings is 1. The molecule has 0 spiro atoms. The summed E-state index contributed by atoms with van der Waals surface area (Å²) in [5.41, 5.74) is 4.00. The quantitative estimate of drug-likeness (QED) is 0.649. The number of hydrogen-bond acceptors (Lipinski definition) is 3. The summed E-state index contributed by atoms with van der Waals surface area (Å²) in [4.78, 5) is 4.34. The molecule has 1 aromatic heterocycles. The van der Waals surface area contributed by atoms with Crippen LogP contribution in [-0.2, 0) is 0 Å². The second kappa shape index (κ2) is 5.02. The first kappa shape index (κ1) is 12.2. The molecule has 96 valence electrons. The Hall–Kier alpha value is -2.86. The van der Waals surface area contributed by atoms with Gasteiger partial charge in [0.05, 0.1) is 0 Å². The van der Waals surface area contributed by atoms with Crippen LogP contribution in [0.5, 0.6) is 0 Å². The van der Waals surface area contributed by atoms with Crippen molar-refractivity contribution in [2.24, 2.45) is 0 Å². The molecule has 0 aliphatic heterocycles. The van der Waals surface area contributed by atoms with Gasteiger partial charge in [-0.05, 0) is 30.7 Å². The van der Waals surface area contributed by atoms with Crippen molar-refractivity contribution in [1.29, 1.82) is 5.26 Å². The Labute approximate surface area is 116 Å². The lowest BCUT2D eigenvalue weighted by Crippen LogP contribution is -1.82. The minimum Gasteiger partial charge on any atom is -0.435 e. The van der Waals surface area contributed by atoms with Crippen molar-refractivity contribution >= 4 is 22.7 Å². The number of benzene rings is 2. The van der Waals surface area contributed by atoms with E-state index < -0.39 is 0 Å². The molecular weight excluding hydrogens is 248 g/mol. The molecule has 0 amide bonds. The van der Waals surface area contributed by atoms with E-state index >= 15 is 0 Å². The van der Waals surface area contributed by atoms with Crippen LogP contribution in [-0.4, -0.2) is 4.98 Å². The molecule has 3 heteroatoms. The van der Waals surface area contributed by atoms with Gasteiger partial charge in [0.25, 0.3) is 0 Å². The zero-order valence-electron chi connectivity index (χ0n) is 11.0. The average Bonchev–Trinajstić information content (AvgIpc) is 2.90. The molecule has 0 bridgehead atoms. The summed E-state index contributed by atoms with van der Waals surface area (Å²) in [6.45, 7) is 2.03. The fraction of sp³-hybridized carbons (Fsp3) is 0.0588. The lowest BCUT2D eigenvalue weighted by molar-refractivity contribution is 0.586. The van der Waals surface area contributed by atoms with E-state index in [0.29, 0.717) is 17.0 Å². The van der Waals surface area contributed by atoms with Crippen molar-refractivity contribution in [3.8, 4) is 6.07 Å². The number of rotatable bonds is 2. The number of aryl methyl sites for hydroxylation is 1. The van der Waals surface area contributed by atoms with Gasteiger partial charge in [0, 0.05) is 0 Å². The fourth-order valence-corrected chi connectivity index (χ4v) is 1.96. The largest absolute Gasteiger partial charge is 0.435 e. The van der Waals surface area contributed by atoms with Crippen LogP contribution in [0.15, 0.2) is 52.9 Å². The molecule has 0 unspecified atom stereocenters. The van der Waals surface area contributed by atoms with E-state index in [4.69, 9.17) is 4.42 Å². The number of nitrogens with zero attached hydrogens (tertiary/aromatic N) is 2. The van der Waals surface area contributed by atoms with Crippen LogP contribution in [0.25, 0.3) is 22.7 Å². The zero-order valence-corrected chi connectivity index (χ0v) is 11.0. The predicted octanol–water partition coefficient (Wildman–Crippen LogP) is 4.20. The molecule has 1 heterocycles. The monoisotopic (exact) mass is 260 g/mol. The number of para-hydroxylation sites is 2. The fourth-order valence-electron chi connectivity index (χ4n) is 1.96. The summed E-state index contributed by atoms with van der Waals surface area (Å²) in [6.07, 6.45) is 1.78. The Morgan fingerprint density at radius 1 is 1.15 bits per heavy atom. The van der Waals surface area contributed by atoms with Gasteiger partial charge in [-0.15, -0.1) is 0 Å². The number of allylic oxidation sites excluding steroid dienone is 1. The summed E-state index contributed by atoms with van der Waals surface area (Å²) in [7, 11) is 0. The molecule has 0 N–H and O–H groups in total. The lowest BCUT2D eigenvalue weighted by atomic mass is 10.1. The molecule has 3 rings (SSSR count). The van der Waals surface area contributed by atoms with Gasteiger partial charge in [0.15, 0.2) is 5.58 Å². The number of hydrogen-bond donors (Lipinski definition) is 0. The van der Waals surface area contributed by atoms with Crippen LogP contribution in [0, 0.1) is 18.3 Å². The summed E-state index contributed by atoms with van der Waals surface area (Å²) in [5.74, 6) is 0.356. The van der Waals surface area contributed by atoms with E-state index in [1.807, 2.05) is 55.5 Å². The maximum atomic E-state index is 9.30. The van der Waals surface area contributed by atoms with Crippen molar-refractivity contribution < 1.29 is 4.42 Å². The van der Waals surface area contributed by atoms with Gasteiger partial charge in [0.2, 0.25) is 5.89 Å². The second-order valence-electron chi connectivity index (χ2n) is 4.57. The first-order valence-corrected chi connectivity index (χ1v) is 6.31. The van der Waals surface area contributed by atoms with Gasteiger partial charge in [-0.1, -0.05) is 42.0 Å². The van der Waals surface area contributed by atoms with Crippen molar-refractivity contribution in [1.82, 2.24) is 4.98 Å². The zero-order chi connectivity index (χ0) is 13.9. The Bertz CT molecular complexity index is 787. The molecular formula is C17H12N2O. The summed E-state index contributed by atoms with van der Waals surface area (Å²) in [5, 5.41) is 9.30. The van der Waals surface area contributed by atoms with Crippen LogP contribution in [0.2, 0.25) is 0 Å². The molecule has 0 fully saturated rings. The maximum absolute atomic E-state index is 9.30. The highest BCUT2D eigenvalue weighted by atomic mass is 16.3. The predicted molar refractivity (Wildman–Crippen MR) is 78.7 cm³/mol. The van der Waals surface area contributed by atoms with Gasteiger partial charge in [0.1, 0.15) is 17.2 Å². The molecule has 0 radical (unpaired) electrons. The standard InChI is InChI=1S/C17H12N2O/c1-12-6-8-13(9-7-12)10-14(11-18)17-19-15-4-2-3-5-16(15)20-17/h2-10H,1H3. The molecule has 0 atom stereocenters. The minimum absolute atomic E-state index is 0.356. The SMILES string of the molecule is Cc1ccc(C=C(C#N)c2nc3ccccc3o2)cc1. The molecule has 3 aromatic rings. The summed E-state index contributed by atoms with van der Waals surface area (Å²) >= 11 is 0. The average molecular weight is 260 g/mol.